The summed E-state index contributed by atoms with van der Waals surface area (Å²) in [5.74, 6) is 1.59. The van der Waals surface area contributed by atoms with Crippen molar-refractivity contribution < 1.29 is 0 Å². The lowest BCUT2D eigenvalue weighted by Gasteiger charge is -2.31. The maximum Gasteiger partial charge on any atom is 0.255 e. The molecule has 0 amide bonds. The standard InChI is InChI=1S/C13H18ClN5/c1-2-10-6-4-3-5-7-18(10)12-8-11(14)17-13-15-9-16-19(12)13/h8-10H,2-7H2,1H3. The van der Waals surface area contributed by atoms with E-state index in [-0.39, 0.29) is 0 Å². The van der Waals surface area contributed by atoms with E-state index in [1.54, 1.807) is 4.52 Å². The molecule has 1 saturated heterocycles. The number of aromatic nitrogens is 4. The quantitative estimate of drug-likeness (QED) is 0.793. The van der Waals surface area contributed by atoms with Crippen molar-refractivity contribution in [2.24, 2.45) is 0 Å². The molecule has 0 radical (unpaired) electrons. The fraction of sp³-hybridized carbons (Fsp3) is 0.615. The van der Waals surface area contributed by atoms with E-state index in [4.69, 9.17) is 11.6 Å². The summed E-state index contributed by atoms with van der Waals surface area (Å²) in [6.45, 7) is 3.29. The number of hydrogen-bond donors (Lipinski definition) is 0. The highest BCUT2D eigenvalue weighted by atomic mass is 35.5. The van der Waals surface area contributed by atoms with Gasteiger partial charge in [-0.1, -0.05) is 31.4 Å². The first kappa shape index (κ1) is 12.7. The van der Waals surface area contributed by atoms with E-state index in [2.05, 4.69) is 26.9 Å². The predicted octanol–water partition coefficient (Wildman–Crippen LogP) is 2.94. The molecule has 0 saturated carbocycles. The zero-order valence-corrected chi connectivity index (χ0v) is 11.8. The third kappa shape index (κ3) is 2.39. The van der Waals surface area contributed by atoms with Crippen LogP contribution < -0.4 is 4.90 Å². The molecule has 2 aromatic heterocycles. The Balaban J connectivity index is 2.07. The van der Waals surface area contributed by atoms with Crippen molar-refractivity contribution in [3.8, 4) is 0 Å². The van der Waals surface area contributed by atoms with Gasteiger partial charge in [-0.25, -0.2) is 0 Å². The fourth-order valence-electron chi connectivity index (χ4n) is 2.88. The average Bonchev–Trinajstić information content (AvgIpc) is 2.74. The largest absolute Gasteiger partial charge is 0.353 e. The summed E-state index contributed by atoms with van der Waals surface area (Å²) in [6.07, 6.45) is 7.71. The van der Waals surface area contributed by atoms with Gasteiger partial charge in [-0.2, -0.15) is 19.6 Å². The highest BCUT2D eigenvalue weighted by molar-refractivity contribution is 6.29. The molecule has 0 bridgehead atoms. The minimum Gasteiger partial charge on any atom is -0.353 e. The average molecular weight is 280 g/mol. The van der Waals surface area contributed by atoms with Crippen LogP contribution in [0.1, 0.15) is 39.0 Å². The van der Waals surface area contributed by atoms with Crippen LogP contribution in [0.4, 0.5) is 5.82 Å². The number of rotatable bonds is 2. The summed E-state index contributed by atoms with van der Waals surface area (Å²) in [5, 5.41) is 4.76. The SMILES string of the molecule is CCC1CCCCCN1c1cc(Cl)nc2ncnn12. The molecule has 3 heterocycles. The van der Waals surface area contributed by atoms with Gasteiger partial charge in [0, 0.05) is 18.7 Å². The second-order valence-corrected chi connectivity index (χ2v) is 5.40. The molecule has 1 aliphatic heterocycles. The predicted molar refractivity (Wildman–Crippen MR) is 75.7 cm³/mol. The van der Waals surface area contributed by atoms with Crippen LogP contribution in [0.15, 0.2) is 12.4 Å². The van der Waals surface area contributed by atoms with Gasteiger partial charge in [-0.15, -0.1) is 0 Å². The molecule has 0 aliphatic carbocycles. The Morgan fingerprint density at radius 2 is 2.26 bits per heavy atom. The maximum absolute atomic E-state index is 6.11. The van der Waals surface area contributed by atoms with E-state index >= 15 is 0 Å². The minimum atomic E-state index is 0.481. The molecule has 0 aromatic carbocycles. The van der Waals surface area contributed by atoms with Gasteiger partial charge in [-0.3, -0.25) is 0 Å². The highest BCUT2D eigenvalue weighted by Crippen LogP contribution is 2.27. The summed E-state index contributed by atoms with van der Waals surface area (Å²) in [6, 6.07) is 2.45. The lowest BCUT2D eigenvalue weighted by Crippen LogP contribution is -2.36. The van der Waals surface area contributed by atoms with Crippen LogP contribution in [0.3, 0.4) is 0 Å². The van der Waals surface area contributed by atoms with Crippen molar-refractivity contribution in [2.75, 3.05) is 11.4 Å². The van der Waals surface area contributed by atoms with Crippen molar-refractivity contribution in [3.63, 3.8) is 0 Å². The topological polar surface area (TPSA) is 46.3 Å². The Morgan fingerprint density at radius 3 is 3.11 bits per heavy atom. The van der Waals surface area contributed by atoms with Gasteiger partial charge in [0.15, 0.2) is 0 Å². The molecule has 0 spiro atoms. The van der Waals surface area contributed by atoms with Crippen LogP contribution in [0.25, 0.3) is 5.78 Å². The summed E-state index contributed by atoms with van der Waals surface area (Å²) in [4.78, 5) is 10.8. The Kier molecular flexibility index (Phi) is 3.55. The van der Waals surface area contributed by atoms with Crippen molar-refractivity contribution in [2.45, 2.75) is 45.1 Å². The molecule has 0 N–H and O–H groups in total. The first-order chi connectivity index (χ1) is 9.29. The number of anilines is 1. The van der Waals surface area contributed by atoms with E-state index < -0.39 is 0 Å². The smallest absolute Gasteiger partial charge is 0.255 e. The van der Waals surface area contributed by atoms with Gasteiger partial charge in [0.2, 0.25) is 0 Å². The van der Waals surface area contributed by atoms with Crippen LogP contribution in [-0.2, 0) is 0 Å². The molecule has 1 unspecified atom stereocenters. The van der Waals surface area contributed by atoms with Crippen LogP contribution >= 0.6 is 11.6 Å². The molecule has 1 aliphatic rings. The molecule has 19 heavy (non-hydrogen) atoms. The first-order valence-corrected chi connectivity index (χ1v) is 7.30. The second kappa shape index (κ2) is 5.33. The van der Waals surface area contributed by atoms with Crippen molar-refractivity contribution in [3.05, 3.63) is 17.5 Å². The van der Waals surface area contributed by atoms with Gasteiger partial charge in [0.05, 0.1) is 0 Å². The maximum atomic E-state index is 6.11. The van der Waals surface area contributed by atoms with Gasteiger partial charge in [-0.05, 0) is 19.3 Å². The van der Waals surface area contributed by atoms with E-state index in [9.17, 15) is 0 Å². The molecule has 2 aromatic rings. The van der Waals surface area contributed by atoms with E-state index in [1.165, 1.54) is 32.0 Å². The zero-order chi connectivity index (χ0) is 13.2. The zero-order valence-electron chi connectivity index (χ0n) is 11.1. The van der Waals surface area contributed by atoms with Gasteiger partial charge >= 0.3 is 0 Å². The Morgan fingerprint density at radius 1 is 1.37 bits per heavy atom. The third-order valence-corrected chi connectivity index (χ3v) is 4.04. The molecule has 5 nitrogen and oxygen atoms in total. The molecular formula is C13H18ClN5. The number of fused-ring (bicyclic) bond motifs is 1. The molecular weight excluding hydrogens is 262 g/mol. The lowest BCUT2D eigenvalue weighted by molar-refractivity contribution is 0.547. The molecule has 1 fully saturated rings. The van der Waals surface area contributed by atoms with Crippen LogP contribution in [0.2, 0.25) is 5.15 Å². The van der Waals surface area contributed by atoms with Gasteiger partial charge in [0.25, 0.3) is 5.78 Å². The van der Waals surface area contributed by atoms with E-state index in [0.717, 1.165) is 18.8 Å². The van der Waals surface area contributed by atoms with Crippen LogP contribution in [0, 0.1) is 0 Å². The normalized spacial score (nSPS) is 20.7. The van der Waals surface area contributed by atoms with E-state index in [1.807, 2.05) is 6.07 Å². The number of nitrogens with zero attached hydrogens (tertiary/aromatic N) is 5. The summed E-state index contributed by atoms with van der Waals surface area (Å²) >= 11 is 6.11. The fourth-order valence-corrected chi connectivity index (χ4v) is 3.05. The summed E-state index contributed by atoms with van der Waals surface area (Å²) < 4.78 is 1.79. The van der Waals surface area contributed by atoms with Gasteiger partial charge < -0.3 is 4.90 Å². The molecule has 1 atom stereocenters. The highest BCUT2D eigenvalue weighted by Gasteiger charge is 2.23. The summed E-state index contributed by atoms with van der Waals surface area (Å²) in [7, 11) is 0. The van der Waals surface area contributed by atoms with Crippen LogP contribution in [-0.4, -0.2) is 32.2 Å². The van der Waals surface area contributed by atoms with E-state index in [0.29, 0.717) is 17.0 Å². The first-order valence-electron chi connectivity index (χ1n) is 6.92. The molecule has 3 rings (SSSR count). The van der Waals surface area contributed by atoms with Gasteiger partial charge in [0.1, 0.15) is 17.3 Å². The lowest BCUT2D eigenvalue weighted by atomic mass is 10.1. The number of hydrogen-bond acceptors (Lipinski definition) is 4. The number of halogens is 1. The van der Waals surface area contributed by atoms with Crippen molar-refractivity contribution >= 4 is 23.2 Å². The Bertz CT molecular complexity index is 567. The third-order valence-electron chi connectivity index (χ3n) is 3.84. The monoisotopic (exact) mass is 279 g/mol. The molecule has 102 valence electrons. The van der Waals surface area contributed by atoms with Crippen LogP contribution in [0.5, 0.6) is 0 Å². The Labute approximate surface area is 117 Å². The minimum absolute atomic E-state index is 0.481. The molecule has 6 heteroatoms. The van der Waals surface area contributed by atoms with Crippen molar-refractivity contribution in [1.29, 1.82) is 0 Å². The summed E-state index contributed by atoms with van der Waals surface area (Å²) in [5.41, 5.74) is 0. The second-order valence-electron chi connectivity index (χ2n) is 5.01. The van der Waals surface area contributed by atoms with Crippen molar-refractivity contribution in [1.82, 2.24) is 19.6 Å². The Hall–Kier alpha value is -1.36.